The monoisotopic (exact) mass is 669 g/mol. The van der Waals surface area contributed by atoms with Crippen molar-refractivity contribution in [2.24, 2.45) is 0 Å². The first-order valence-corrected chi connectivity index (χ1v) is 17.7. The first kappa shape index (κ1) is 34.6. The number of nitrogen functional groups attached to an aromatic ring is 1. The van der Waals surface area contributed by atoms with Crippen LogP contribution in [0.4, 0.5) is 11.5 Å². The van der Waals surface area contributed by atoms with Gasteiger partial charge >= 0.3 is 0 Å². The van der Waals surface area contributed by atoms with Gasteiger partial charge in [0.05, 0.1) is 17.9 Å². The summed E-state index contributed by atoms with van der Waals surface area (Å²) in [5.41, 5.74) is 12.2. The number of carbonyl (C=O) groups excluding carboxylic acids is 1. The summed E-state index contributed by atoms with van der Waals surface area (Å²) in [6.07, 6.45) is 11.3. The Balaban J connectivity index is 0.867. The fraction of sp³-hybridized carbons (Fsp3) is 0.317. The molecule has 2 aromatic heterocycles. The summed E-state index contributed by atoms with van der Waals surface area (Å²) in [7, 11) is 0. The van der Waals surface area contributed by atoms with E-state index in [1.54, 1.807) is 18.6 Å². The van der Waals surface area contributed by atoms with Gasteiger partial charge in [-0.25, -0.2) is 9.97 Å². The highest BCUT2D eigenvalue weighted by molar-refractivity contribution is 5.77. The summed E-state index contributed by atoms with van der Waals surface area (Å²) in [5, 5.41) is 3.27. The van der Waals surface area contributed by atoms with E-state index in [-0.39, 0.29) is 17.8 Å². The van der Waals surface area contributed by atoms with Gasteiger partial charge < -0.3 is 20.7 Å². The average Bonchev–Trinajstić information content (AvgIpc) is 3.18. The number of hydrogen-bond acceptors (Lipinski definition) is 8. The Kier molecular flexibility index (Phi) is 12.4. The van der Waals surface area contributed by atoms with Gasteiger partial charge in [0.1, 0.15) is 6.61 Å². The first-order chi connectivity index (χ1) is 24.6. The van der Waals surface area contributed by atoms with Crippen molar-refractivity contribution in [1.29, 1.82) is 0 Å². The SMILES string of the molecule is Nc1ncc(-c2ccc(N3CCN(CCCCCCCC(=O)NC(c4ccccc4)c4ccccc4)CC3)cc2)nc1OCc1ccncc1. The van der Waals surface area contributed by atoms with E-state index in [0.717, 1.165) is 79.9 Å². The van der Waals surface area contributed by atoms with Gasteiger partial charge in [-0.15, -0.1) is 0 Å². The molecule has 0 radical (unpaired) electrons. The van der Waals surface area contributed by atoms with Crippen LogP contribution >= 0.6 is 0 Å². The smallest absolute Gasteiger partial charge is 0.258 e. The van der Waals surface area contributed by atoms with E-state index in [1.165, 1.54) is 18.5 Å². The van der Waals surface area contributed by atoms with Gasteiger partial charge in [0, 0.05) is 56.2 Å². The molecule has 1 fully saturated rings. The summed E-state index contributed by atoms with van der Waals surface area (Å²) in [4.78, 5) is 30.9. The number of unbranched alkanes of at least 4 members (excludes halogenated alkanes) is 4. The summed E-state index contributed by atoms with van der Waals surface area (Å²) >= 11 is 0. The van der Waals surface area contributed by atoms with E-state index in [9.17, 15) is 4.79 Å². The van der Waals surface area contributed by atoms with Crippen LogP contribution in [0, 0.1) is 0 Å². The number of ether oxygens (including phenoxy) is 1. The third kappa shape index (κ3) is 9.89. The molecule has 1 saturated heterocycles. The highest BCUT2D eigenvalue weighted by atomic mass is 16.5. The Labute approximate surface area is 295 Å². The molecule has 3 aromatic carbocycles. The van der Waals surface area contributed by atoms with Gasteiger partial charge in [-0.3, -0.25) is 14.7 Å². The zero-order chi connectivity index (χ0) is 34.4. The normalized spacial score (nSPS) is 13.3. The van der Waals surface area contributed by atoms with E-state index in [1.807, 2.05) is 48.5 Å². The molecule has 5 aromatic rings. The molecule has 1 amide bonds. The molecule has 3 N–H and O–H groups in total. The molecule has 258 valence electrons. The van der Waals surface area contributed by atoms with Gasteiger partial charge in [-0.2, -0.15) is 0 Å². The zero-order valence-electron chi connectivity index (χ0n) is 28.7. The lowest BCUT2D eigenvalue weighted by Gasteiger charge is -2.36. The third-order valence-electron chi connectivity index (χ3n) is 9.24. The van der Waals surface area contributed by atoms with Gasteiger partial charge in [0.2, 0.25) is 5.91 Å². The van der Waals surface area contributed by atoms with Crippen molar-refractivity contribution >= 4 is 17.4 Å². The predicted octanol–water partition coefficient (Wildman–Crippen LogP) is 7.07. The minimum Gasteiger partial charge on any atom is -0.470 e. The number of nitrogens with one attached hydrogen (secondary N) is 1. The van der Waals surface area contributed by atoms with Crippen LogP contribution in [0.3, 0.4) is 0 Å². The van der Waals surface area contributed by atoms with Gasteiger partial charge in [0.25, 0.3) is 5.88 Å². The molecule has 9 nitrogen and oxygen atoms in total. The molecular weight excluding hydrogens is 622 g/mol. The summed E-state index contributed by atoms with van der Waals surface area (Å²) in [6.45, 7) is 5.62. The highest BCUT2D eigenvalue weighted by Crippen LogP contribution is 2.27. The average molecular weight is 670 g/mol. The Bertz CT molecular complexity index is 1710. The summed E-state index contributed by atoms with van der Waals surface area (Å²) < 4.78 is 5.86. The number of nitrogens with two attached hydrogens (primary N) is 1. The standard InChI is InChI=1S/C41H47N7O2/c42-40-41(50-31-32-21-23-43-24-22-32)45-37(30-44-40)33-17-19-36(20-18-33)48-28-26-47(27-29-48)25-11-3-1-2-10-16-38(49)46-39(34-12-6-4-7-13-34)35-14-8-5-9-15-35/h4-9,12-15,17-24,30,39H,1-3,10-11,16,25-29,31H2,(H2,42,44)(H,46,49). The van der Waals surface area contributed by atoms with Crippen molar-refractivity contribution in [3.05, 3.63) is 132 Å². The Morgan fingerprint density at radius 1 is 0.780 bits per heavy atom. The van der Waals surface area contributed by atoms with Crippen LogP contribution in [0.25, 0.3) is 11.3 Å². The number of piperazine rings is 1. The number of nitrogens with zero attached hydrogens (tertiary/aromatic N) is 5. The quantitative estimate of drug-likeness (QED) is 0.107. The molecular formula is C41H47N7O2. The maximum Gasteiger partial charge on any atom is 0.258 e. The summed E-state index contributed by atoms with van der Waals surface area (Å²) in [6, 6.07) is 32.6. The van der Waals surface area contributed by atoms with Gasteiger partial charge in [0.15, 0.2) is 5.82 Å². The number of anilines is 2. The van der Waals surface area contributed by atoms with Crippen molar-refractivity contribution in [2.45, 2.75) is 51.2 Å². The van der Waals surface area contributed by atoms with Crippen LogP contribution in [0.2, 0.25) is 0 Å². The second-order valence-corrected chi connectivity index (χ2v) is 12.8. The fourth-order valence-corrected chi connectivity index (χ4v) is 6.36. The van der Waals surface area contributed by atoms with Gasteiger partial charge in [-0.1, -0.05) is 92.1 Å². The molecule has 3 heterocycles. The third-order valence-corrected chi connectivity index (χ3v) is 9.24. The Hall–Kier alpha value is -5.28. The molecule has 50 heavy (non-hydrogen) atoms. The number of carbonyl (C=O) groups is 1. The van der Waals surface area contributed by atoms with Crippen LogP contribution in [0.15, 0.2) is 116 Å². The molecule has 9 heteroatoms. The zero-order valence-corrected chi connectivity index (χ0v) is 28.7. The predicted molar refractivity (Wildman–Crippen MR) is 200 cm³/mol. The lowest BCUT2D eigenvalue weighted by molar-refractivity contribution is -0.121. The molecule has 1 aliphatic rings. The van der Waals surface area contributed by atoms with Crippen molar-refractivity contribution < 1.29 is 9.53 Å². The Morgan fingerprint density at radius 2 is 1.42 bits per heavy atom. The lowest BCUT2D eigenvalue weighted by atomic mass is 9.98. The van der Waals surface area contributed by atoms with Crippen LogP contribution in [-0.2, 0) is 11.4 Å². The van der Waals surface area contributed by atoms with Crippen LogP contribution in [0.1, 0.15) is 61.3 Å². The molecule has 0 aliphatic carbocycles. The molecule has 0 bridgehead atoms. The molecule has 0 unspecified atom stereocenters. The maximum atomic E-state index is 12.9. The van der Waals surface area contributed by atoms with Crippen molar-refractivity contribution in [1.82, 2.24) is 25.2 Å². The maximum absolute atomic E-state index is 12.9. The number of hydrogen-bond donors (Lipinski definition) is 2. The second-order valence-electron chi connectivity index (χ2n) is 12.8. The topological polar surface area (TPSA) is 110 Å². The van der Waals surface area contributed by atoms with E-state index in [4.69, 9.17) is 10.5 Å². The number of pyridine rings is 1. The number of benzene rings is 3. The molecule has 6 rings (SSSR count). The second kappa shape index (κ2) is 17.9. The van der Waals surface area contributed by atoms with E-state index < -0.39 is 0 Å². The van der Waals surface area contributed by atoms with Crippen molar-refractivity contribution in [2.75, 3.05) is 43.4 Å². The minimum atomic E-state index is -0.118. The molecule has 0 atom stereocenters. The van der Waals surface area contributed by atoms with E-state index in [2.05, 4.69) is 78.6 Å². The van der Waals surface area contributed by atoms with Crippen LogP contribution in [-0.4, -0.2) is 58.5 Å². The lowest BCUT2D eigenvalue weighted by Crippen LogP contribution is -2.46. The van der Waals surface area contributed by atoms with E-state index >= 15 is 0 Å². The Morgan fingerprint density at radius 3 is 2.10 bits per heavy atom. The largest absolute Gasteiger partial charge is 0.470 e. The summed E-state index contributed by atoms with van der Waals surface area (Å²) in [5.74, 6) is 0.721. The highest BCUT2D eigenvalue weighted by Gasteiger charge is 2.18. The molecule has 0 saturated carbocycles. The van der Waals surface area contributed by atoms with Crippen molar-refractivity contribution in [3.63, 3.8) is 0 Å². The molecule has 0 spiro atoms. The fourth-order valence-electron chi connectivity index (χ4n) is 6.36. The molecule has 1 aliphatic heterocycles. The first-order valence-electron chi connectivity index (χ1n) is 17.7. The van der Waals surface area contributed by atoms with Crippen LogP contribution in [0.5, 0.6) is 5.88 Å². The van der Waals surface area contributed by atoms with Crippen LogP contribution < -0.4 is 20.7 Å². The van der Waals surface area contributed by atoms with Crippen molar-refractivity contribution in [3.8, 4) is 17.1 Å². The number of amides is 1. The van der Waals surface area contributed by atoms with E-state index in [0.29, 0.717) is 18.9 Å². The number of rotatable bonds is 16. The number of aromatic nitrogens is 3. The minimum absolute atomic E-state index is 0.116. The van der Waals surface area contributed by atoms with Gasteiger partial charge in [-0.05, 0) is 60.3 Å².